The summed E-state index contributed by atoms with van der Waals surface area (Å²) in [4.78, 5) is 31.7. The monoisotopic (exact) mass is 414 g/mol. The first kappa shape index (κ1) is 21.0. The first-order chi connectivity index (χ1) is 14.0. The van der Waals surface area contributed by atoms with Crippen molar-refractivity contribution in [2.75, 3.05) is 13.2 Å². The molecule has 0 saturated carbocycles. The molecule has 29 heavy (non-hydrogen) atoms. The number of rotatable bonds is 8. The highest BCUT2D eigenvalue weighted by Gasteiger charge is 2.22. The number of aryl methyl sites for hydroxylation is 1. The van der Waals surface area contributed by atoms with Gasteiger partial charge in [0.05, 0.1) is 24.9 Å². The molecular formula is C22H26N2O4S. The zero-order chi connectivity index (χ0) is 21.0. The van der Waals surface area contributed by atoms with Crippen LogP contribution in [0.1, 0.15) is 44.5 Å². The van der Waals surface area contributed by atoms with E-state index < -0.39 is 12.0 Å². The van der Waals surface area contributed by atoms with E-state index in [4.69, 9.17) is 9.47 Å². The SMILES string of the molecule is CCCCOC(=O)C(C)n1cnc2sc(C)c(-c3ccc(OCC)cc3)c2c1=O. The molecule has 0 aliphatic heterocycles. The second kappa shape index (κ2) is 9.22. The van der Waals surface area contributed by atoms with Crippen LogP contribution in [0.4, 0.5) is 0 Å². The third-order valence-electron chi connectivity index (χ3n) is 4.77. The van der Waals surface area contributed by atoms with E-state index in [1.807, 2.05) is 45.0 Å². The van der Waals surface area contributed by atoms with Crippen LogP contribution >= 0.6 is 11.3 Å². The first-order valence-corrected chi connectivity index (χ1v) is 10.7. The van der Waals surface area contributed by atoms with Gasteiger partial charge in [0.25, 0.3) is 5.56 Å². The van der Waals surface area contributed by atoms with Crippen LogP contribution in [0.25, 0.3) is 21.3 Å². The third kappa shape index (κ3) is 4.34. The average molecular weight is 415 g/mol. The Morgan fingerprint density at radius 3 is 2.62 bits per heavy atom. The van der Waals surface area contributed by atoms with Gasteiger partial charge in [-0.25, -0.2) is 9.78 Å². The first-order valence-electron chi connectivity index (χ1n) is 9.88. The molecule has 0 aliphatic carbocycles. The van der Waals surface area contributed by atoms with Gasteiger partial charge in [0.2, 0.25) is 0 Å². The molecule has 1 aromatic carbocycles. The largest absolute Gasteiger partial charge is 0.494 e. The number of carbonyl (C=O) groups excluding carboxylic acids is 1. The van der Waals surface area contributed by atoms with Crippen LogP contribution in [0.5, 0.6) is 5.75 Å². The second-order valence-electron chi connectivity index (χ2n) is 6.82. The highest BCUT2D eigenvalue weighted by atomic mass is 32.1. The molecule has 0 fully saturated rings. The Hall–Kier alpha value is -2.67. The van der Waals surface area contributed by atoms with Gasteiger partial charge in [0.1, 0.15) is 16.6 Å². The Kier molecular flexibility index (Phi) is 6.69. The van der Waals surface area contributed by atoms with E-state index in [9.17, 15) is 9.59 Å². The lowest BCUT2D eigenvalue weighted by Crippen LogP contribution is -2.29. The standard InChI is InChI=1S/C22H26N2O4S/c1-5-7-12-28-22(26)14(3)24-13-23-20-19(21(24)25)18(15(4)29-20)16-8-10-17(11-9-16)27-6-2/h8-11,13-14H,5-7,12H2,1-4H3. The van der Waals surface area contributed by atoms with Crippen molar-refractivity contribution < 1.29 is 14.3 Å². The maximum Gasteiger partial charge on any atom is 0.328 e. The van der Waals surface area contributed by atoms with Crippen LogP contribution in [0.15, 0.2) is 35.4 Å². The molecule has 2 heterocycles. The van der Waals surface area contributed by atoms with Crippen LogP contribution < -0.4 is 10.3 Å². The van der Waals surface area contributed by atoms with Crippen molar-refractivity contribution in [2.45, 2.75) is 46.6 Å². The molecule has 3 rings (SSSR count). The number of thiophene rings is 1. The number of carbonyl (C=O) groups is 1. The summed E-state index contributed by atoms with van der Waals surface area (Å²) in [6.07, 6.45) is 3.18. The van der Waals surface area contributed by atoms with Gasteiger partial charge >= 0.3 is 5.97 Å². The molecule has 154 valence electrons. The normalized spacial score (nSPS) is 12.1. The van der Waals surface area contributed by atoms with Crippen LogP contribution in [-0.4, -0.2) is 28.7 Å². The van der Waals surface area contributed by atoms with Gasteiger partial charge in [0.15, 0.2) is 0 Å². The minimum absolute atomic E-state index is 0.233. The van der Waals surface area contributed by atoms with E-state index in [2.05, 4.69) is 4.98 Å². The van der Waals surface area contributed by atoms with Crippen molar-refractivity contribution >= 4 is 27.5 Å². The Morgan fingerprint density at radius 1 is 1.24 bits per heavy atom. The Balaban J connectivity index is 2.02. The summed E-state index contributed by atoms with van der Waals surface area (Å²) in [6.45, 7) is 8.57. The quantitative estimate of drug-likeness (QED) is 0.393. The van der Waals surface area contributed by atoms with Crippen molar-refractivity contribution in [2.24, 2.45) is 0 Å². The number of ether oxygens (including phenoxy) is 2. The van der Waals surface area contributed by atoms with E-state index >= 15 is 0 Å². The Morgan fingerprint density at radius 2 is 1.97 bits per heavy atom. The highest BCUT2D eigenvalue weighted by Crippen LogP contribution is 2.36. The number of nitrogens with zero attached hydrogens (tertiary/aromatic N) is 2. The number of benzene rings is 1. The molecule has 0 radical (unpaired) electrons. The lowest BCUT2D eigenvalue weighted by atomic mass is 10.0. The highest BCUT2D eigenvalue weighted by molar-refractivity contribution is 7.19. The van der Waals surface area contributed by atoms with E-state index in [1.165, 1.54) is 22.2 Å². The van der Waals surface area contributed by atoms with Gasteiger partial charge in [0, 0.05) is 10.4 Å². The average Bonchev–Trinajstić information content (AvgIpc) is 3.05. The molecule has 0 N–H and O–H groups in total. The summed E-state index contributed by atoms with van der Waals surface area (Å²) in [5, 5.41) is 0.535. The molecule has 6 nitrogen and oxygen atoms in total. The van der Waals surface area contributed by atoms with Gasteiger partial charge in [-0.2, -0.15) is 0 Å². The molecule has 0 spiro atoms. The van der Waals surface area contributed by atoms with Crippen LogP contribution in [0.2, 0.25) is 0 Å². The summed E-state index contributed by atoms with van der Waals surface area (Å²) >= 11 is 1.48. The van der Waals surface area contributed by atoms with Crippen molar-refractivity contribution in [1.29, 1.82) is 0 Å². The van der Waals surface area contributed by atoms with E-state index in [0.717, 1.165) is 34.6 Å². The van der Waals surface area contributed by atoms with Crippen molar-refractivity contribution in [3.05, 3.63) is 45.8 Å². The Bertz CT molecular complexity index is 1050. The van der Waals surface area contributed by atoms with E-state index in [0.29, 0.717) is 23.4 Å². The number of fused-ring (bicyclic) bond motifs is 1. The van der Waals surface area contributed by atoms with Crippen molar-refractivity contribution in [3.8, 4) is 16.9 Å². The zero-order valence-corrected chi connectivity index (χ0v) is 18.0. The summed E-state index contributed by atoms with van der Waals surface area (Å²) in [5.41, 5.74) is 1.54. The van der Waals surface area contributed by atoms with Gasteiger partial charge in [-0.15, -0.1) is 11.3 Å². The Labute approximate surface area is 174 Å². The van der Waals surface area contributed by atoms with Crippen LogP contribution in [0.3, 0.4) is 0 Å². The minimum atomic E-state index is -0.732. The second-order valence-corrected chi connectivity index (χ2v) is 8.03. The minimum Gasteiger partial charge on any atom is -0.494 e. The number of hydrogen-bond donors (Lipinski definition) is 0. The zero-order valence-electron chi connectivity index (χ0n) is 17.2. The fraction of sp³-hybridized carbons (Fsp3) is 0.409. The lowest BCUT2D eigenvalue weighted by molar-refractivity contribution is -0.147. The predicted octanol–water partition coefficient (Wildman–Crippen LogP) is 4.74. The topological polar surface area (TPSA) is 70.4 Å². The van der Waals surface area contributed by atoms with Gasteiger partial charge in [-0.05, 0) is 44.9 Å². The molecule has 0 amide bonds. The van der Waals surface area contributed by atoms with Crippen molar-refractivity contribution in [1.82, 2.24) is 9.55 Å². The number of unbranched alkanes of at least 4 members (excludes halogenated alkanes) is 1. The summed E-state index contributed by atoms with van der Waals surface area (Å²) in [5.74, 6) is 0.365. The fourth-order valence-electron chi connectivity index (χ4n) is 3.17. The third-order valence-corrected chi connectivity index (χ3v) is 5.78. The van der Waals surface area contributed by atoms with E-state index in [1.54, 1.807) is 6.92 Å². The number of hydrogen-bond acceptors (Lipinski definition) is 6. The molecule has 7 heteroatoms. The fourth-order valence-corrected chi connectivity index (χ4v) is 4.18. The van der Waals surface area contributed by atoms with E-state index in [-0.39, 0.29) is 5.56 Å². The molecule has 0 saturated heterocycles. The number of aromatic nitrogens is 2. The smallest absolute Gasteiger partial charge is 0.328 e. The van der Waals surface area contributed by atoms with Crippen LogP contribution in [0, 0.1) is 6.92 Å². The molecule has 1 unspecified atom stereocenters. The predicted molar refractivity (Wildman–Crippen MR) is 116 cm³/mol. The van der Waals surface area contributed by atoms with Gasteiger partial charge < -0.3 is 9.47 Å². The lowest BCUT2D eigenvalue weighted by Gasteiger charge is -2.14. The molecule has 2 aromatic heterocycles. The number of esters is 1. The van der Waals surface area contributed by atoms with Crippen LogP contribution in [-0.2, 0) is 9.53 Å². The molecule has 0 bridgehead atoms. The maximum absolute atomic E-state index is 13.3. The summed E-state index contributed by atoms with van der Waals surface area (Å²) < 4.78 is 12.2. The van der Waals surface area contributed by atoms with Gasteiger partial charge in [-0.3, -0.25) is 9.36 Å². The molecular weight excluding hydrogens is 388 g/mol. The maximum atomic E-state index is 13.3. The molecule has 0 aliphatic rings. The molecule has 1 atom stereocenters. The van der Waals surface area contributed by atoms with Gasteiger partial charge in [-0.1, -0.05) is 25.5 Å². The molecule has 3 aromatic rings. The summed E-state index contributed by atoms with van der Waals surface area (Å²) in [7, 11) is 0. The summed E-state index contributed by atoms with van der Waals surface area (Å²) in [6, 6.07) is 6.94. The van der Waals surface area contributed by atoms with Crippen molar-refractivity contribution in [3.63, 3.8) is 0 Å².